The van der Waals surface area contributed by atoms with Crippen molar-refractivity contribution in [1.82, 2.24) is 0 Å². The molecule has 0 bridgehead atoms. The van der Waals surface area contributed by atoms with Crippen molar-refractivity contribution >= 4 is 35.6 Å². The molecule has 2 N–H and O–H groups in total. The van der Waals surface area contributed by atoms with Gasteiger partial charge in [0.25, 0.3) is 0 Å². The van der Waals surface area contributed by atoms with Gasteiger partial charge in [-0.2, -0.15) is 0 Å². The third-order valence-electron chi connectivity index (χ3n) is 3.09. The predicted octanol–water partition coefficient (Wildman–Crippen LogP) is 3.84. The maximum atomic E-state index is 6.24. The maximum absolute atomic E-state index is 6.24. The second-order valence-corrected chi connectivity index (χ2v) is 4.99. The van der Waals surface area contributed by atoms with Crippen molar-refractivity contribution in [2.75, 3.05) is 13.2 Å². The molecule has 2 rings (SSSR count). The van der Waals surface area contributed by atoms with Crippen molar-refractivity contribution in [2.24, 2.45) is 11.7 Å². The van der Waals surface area contributed by atoms with Crippen molar-refractivity contribution in [3.8, 4) is 0 Å². The molecule has 0 unspecified atom stereocenters. The highest BCUT2D eigenvalue weighted by atomic mass is 35.5. The summed E-state index contributed by atoms with van der Waals surface area (Å²) in [5, 5.41) is 1.38. The fourth-order valence-corrected chi connectivity index (χ4v) is 2.52. The molecule has 0 spiro atoms. The molecule has 1 aliphatic rings. The van der Waals surface area contributed by atoms with Crippen LogP contribution in [0.1, 0.15) is 24.4 Å². The van der Waals surface area contributed by atoms with Crippen LogP contribution in [0.2, 0.25) is 10.0 Å². The summed E-state index contributed by atoms with van der Waals surface area (Å²) in [7, 11) is 0. The predicted molar refractivity (Wildman–Crippen MR) is 74.2 cm³/mol. The Hall–Kier alpha value is 0.01000. The van der Waals surface area contributed by atoms with E-state index in [-0.39, 0.29) is 18.4 Å². The molecule has 1 aromatic carbocycles. The number of hydrogen-bond donors (Lipinski definition) is 1. The van der Waals surface area contributed by atoms with Gasteiger partial charge < -0.3 is 10.5 Å². The van der Waals surface area contributed by atoms with Gasteiger partial charge in [-0.1, -0.05) is 23.2 Å². The van der Waals surface area contributed by atoms with Crippen LogP contribution in [0.5, 0.6) is 0 Å². The lowest BCUT2D eigenvalue weighted by Crippen LogP contribution is -2.27. The van der Waals surface area contributed by atoms with E-state index in [4.69, 9.17) is 33.7 Å². The quantitative estimate of drug-likeness (QED) is 0.900. The van der Waals surface area contributed by atoms with Crippen molar-refractivity contribution in [3.05, 3.63) is 33.8 Å². The summed E-state index contributed by atoms with van der Waals surface area (Å²) in [5.74, 6) is 0.435. The minimum Gasteiger partial charge on any atom is -0.381 e. The summed E-state index contributed by atoms with van der Waals surface area (Å²) in [6.45, 7) is 1.58. The van der Waals surface area contributed by atoms with E-state index in [2.05, 4.69) is 0 Å². The number of hydrogen-bond acceptors (Lipinski definition) is 2. The van der Waals surface area contributed by atoms with Crippen LogP contribution in [-0.2, 0) is 4.74 Å². The molecule has 1 aromatic rings. The van der Waals surface area contributed by atoms with E-state index >= 15 is 0 Å². The molecule has 1 atom stereocenters. The summed E-state index contributed by atoms with van der Waals surface area (Å²) < 4.78 is 5.33. The summed E-state index contributed by atoms with van der Waals surface area (Å²) in [5.41, 5.74) is 7.19. The average Bonchev–Trinajstić information content (AvgIpc) is 2.32. The van der Waals surface area contributed by atoms with E-state index < -0.39 is 0 Å². The molecule has 0 aliphatic carbocycles. The number of benzene rings is 1. The van der Waals surface area contributed by atoms with Gasteiger partial charge in [0.2, 0.25) is 0 Å². The van der Waals surface area contributed by atoms with E-state index in [1.54, 1.807) is 12.1 Å². The van der Waals surface area contributed by atoms with Crippen LogP contribution in [-0.4, -0.2) is 13.2 Å². The first-order valence-corrected chi connectivity index (χ1v) is 6.22. The molecule has 2 nitrogen and oxygen atoms in total. The van der Waals surface area contributed by atoms with Crippen LogP contribution in [0.25, 0.3) is 0 Å². The number of nitrogens with two attached hydrogens (primary N) is 1. The normalized spacial score (nSPS) is 18.5. The zero-order valence-electron chi connectivity index (χ0n) is 9.36. The second-order valence-electron chi connectivity index (χ2n) is 4.14. The minimum absolute atomic E-state index is 0. The summed E-state index contributed by atoms with van der Waals surface area (Å²) in [4.78, 5) is 0. The van der Waals surface area contributed by atoms with Crippen LogP contribution in [0, 0.1) is 5.92 Å². The first-order valence-electron chi connectivity index (χ1n) is 5.47. The molecular weight excluding hydrogens is 280 g/mol. The smallest absolute Gasteiger partial charge is 0.0469 e. The highest BCUT2D eigenvalue weighted by Crippen LogP contribution is 2.33. The zero-order valence-corrected chi connectivity index (χ0v) is 11.7. The molecular formula is C12H16Cl3NO. The van der Waals surface area contributed by atoms with Gasteiger partial charge in [-0.25, -0.2) is 0 Å². The van der Waals surface area contributed by atoms with Gasteiger partial charge >= 0.3 is 0 Å². The Morgan fingerprint density at radius 2 is 1.88 bits per heavy atom. The Morgan fingerprint density at radius 3 is 2.53 bits per heavy atom. The van der Waals surface area contributed by atoms with Crippen molar-refractivity contribution in [2.45, 2.75) is 18.9 Å². The van der Waals surface area contributed by atoms with Crippen LogP contribution < -0.4 is 5.73 Å². The molecule has 0 radical (unpaired) electrons. The van der Waals surface area contributed by atoms with Crippen molar-refractivity contribution in [3.63, 3.8) is 0 Å². The second kappa shape index (κ2) is 6.81. The van der Waals surface area contributed by atoms with E-state index in [0.717, 1.165) is 31.6 Å². The van der Waals surface area contributed by atoms with Gasteiger partial charge in [0.15, 0.2) is 0 Å². The molecule has 5 heteroatoms. The molecule has 1 heterocycles. The number of ether oxygens (including phenoxy) is 1. The standard InChI is InChI=1S/C12H15Cl2NO.ClH/c13-9-1-2-11(14)10(7-9)12(15)8-3-5-16-6-4-8;/h1-2,7-8,12H,3-6,15H2;1H/t12-;/m0./s1. The molecule has 0 amide bonds. The van der Waals surface area contributed by atoms with Crippen molar-refractivity contribution < 1.29 is 4.74 Å². The SMILES string of the molecule is Cl.N[C@H](c1cc(Cl)ccc1Cl)C1CCOCC1. The van der Waals surface area contributed by atoms with Gasteiger partial charge in [-0.15, -0.1) is 12.4 Å². The maximum Gasteiger partial charge on any atom is 0.0469 e. The number of rotatable bonds is 2. The van der Waals surface area contributed by atoms with E-state index in [0.29, 0.717) is 16.0 Å². The van der Waals surface area contributed by atoms with E-state index in [1.807, 2.05) is 6.07 Å². The number of halogens is 3. The van der Waals surface area contributed by atoms with Gasteiger partial charge in [0.05, 0.1) is 0 Å². The van der Waals surface area contributed by atoms with E-state index in [1.165, 1.54) is 0 Å². The molecule has 1 fully saturated rings. The fourth-order valence-electron chi connectivity index (χ4n) is 2.10. The Morgan fingerprint density at radius 1 is 1.24 bits per heavy atom. The third kappa shape index (κ3) is 3.73. The van der Waals surface area contributed by atoms with Gasteiger partial charge in [-0.3, -0.25) is 0 Å². The minimum atomic E-state index is -0.0462. The zero-order chi connectivity index (χ0) is 11.5. The fraction of sp³-hybridized carbons (Fsp3) is 0.500. The van der Waals surface area contributed by atoms with Gasteiger partial charge in [0.1, 0.15) is 0 Å². The Kier molecular flexibility index (Phi) is 6.04. The lowest BCUT2D eigenvalue weighted by molar-refractivity contribution is 0.0584. The lowest BCUT2D eigenvalue weighted by atomic mass is 9.88. The molecule has 96 valence electrons. The topological polar surface area (TPSA) is 35.2 Å². The summed E-state index contributed by atoms with van der Waals surface area (Å²) in [6.07, 6.45) is 1.98. The lowest BCUT2D eigenvalue weighted by Gasteiger charge is -2.28. The Balaban J connectivity index is 0.00000144. The molecule has 0 aromatic heterocycles. The Bertz CT molecular complexity index is 367. The molecule has 17 heavy (non-hydrogen) atoms. The summed E-state index contributed by atoms with van der Waals surface area (Å²) >= 11 is 12.1. The first-order chi connectivity index (χ1) is 7.68. The van der Waals surface area contributed by atoms with Crippen LogP contribution in [0.4, 0.5) is 0 Å². The largest absolute Gasteiger partial charge is 0.381 e. The van der Waals surface area contributed by atoms with Crippen LogP contribution >= 0.6 is 35.6 Å². The van der Waals surface area contributed by atoms with Crippen molar-refractivity contribution in [1.29, 1.82) is 0 Å². The van der Waals surface area contributed by atoms with Crippen LogP contribution in [0.15, 0.2) is 18.2 Å². The highest BCUT2D eigenvalue weighted by Gasteiger charge is 2.23. The van der Waals surface area contributed by atoms with Gasteiger partial charge in [-0.05, 0) is 42.5 Å². The summed E-state index contributed by atoms with van der Waals surface area (Å²) in [6, 6.07) is 5.40. The first kappa shape index (κ1) is 15.1. The van der Waals surface area contributed by atoms with Gasteiger partial charge in [0, 0.05) is 29.3 Å². The molecule has 1 aliphatic heterocycles. The Labute approximate surface area is 118 Å². The average molecular weight is 297 g/mol. The molecule has 1 saturated heterocycles. The monoisotopic (exact) mass is 295 g/mol. The highest BCUT2D eigenvalue weighted by molar-refractivity contribution is 6.33. The van der Waals surface area contributed by atoms with E-state index in [9.17, 15) is 0 Å². The van der Waals surface area contributed by atoms with Crippen LogP contribution in [0.3, 0.4) is 0 Å². The third-order valence-corrected chi connectivity index (χ3v) is 3.67. The molecule has 0 saturated carbocycles.